The van der Waals surface area contributed by atoms with Gasteiger partial charge in [0.15, 0.2) is 0 Å². The minimum Gasteiger partial charge on any atom is -0.505 e. The Hall–Kier alpha value is -2.36. The number of benzene rings is 2. The number of aromatic nitrogens is 3. The monoisotopic (exact) mass is 365 g/mol. The molecule has 0 bridgehead atoms. The molecule has 1 heterocycles. The summed E-state index contributed by atoms with van der Waals surface area (Å²) in [5.74, 6) is 0.322. The zero-order chi connectivity index (χ0) is 19.2. The van der Waals surface area contributed by atoms with Crippen molar-refractivity contribution in [2.75, 3.05) is 0 Å². The number of phenols is 1. The van der Waals surface area contributed by atoms with Crippen LogP contribution in [0, 0.1) is 6.92 Å². The van der Waals surface area contributed by atoms with Crippen molar-refractivity contribution in [1.82, 2.24) is 15.0 Å². The van der Waals surface area contributed by atoms with E-state index in [1.54, 1.807) is 4.80 Å². The van der Waals surface area contributed by atoms with Gasteiger partial charge in [0.25, 0.3) is 0 Å². The third-order valence-corrected chi connectivity index (χ3v) is 5.10. The highest BCUT2D eigenvalue weighted by molar-refractivity contribution is 5.74. The van der Waals surface area contributed by atoms with Crippen LogP contribution < -0.4 is 0 Å². The van der Waals surface area contributed by atoms with Gasteiger partial charge >= 0.3 is 0 Å². The lowest BCUT2D eigenvalue weighted by molar-refractivity contribution is 0.458. The lowest BCUT2D eigenvalue weighted by atomic mass is 9.99. The van der Waals surface area contributed by atoms with E-state index in [9.17, 15) is 5.11 Å². The van der Waals surface area contributed by atoms with Crippen molar-refractivity contribution in [2.24, 2.45) is 0 Å². The summed E-state index contributed by atoms with van der Waals surface area (Å²) in [4.78, 5) is 1.60. The molecule has 1 aromatic heterocycles. The van der Waals surface area contributed by atoms with Gasteiger partial charge < -0.3 is 5.11 Å². The fourth-order valence-corrected chi connectivity index (χ4v) is 3.51. The second-order valence-electron chi connectivity index (χ2n) is 7.52. The number of hydrogen-bond acceptors (Lipinski definition) is 3. The second kappa shape index (κ2) is 9.03. The Kier molecular flexibility index (Phi) is 6.49. The van der Waals surface area contributed by atoms with Crippen LogP contribution >= 0.6 is 0 Å². The lowest BCUT2D eigenvalue weighted by Crippen LogP contribution is -2.03. The van der Waals surface area contributed by atoms with Gasteiger partial charge in [0.05, 0.1) is 0 Å². The van der Waals surface area contributed by atoms with Crippen LogP contribution in [-0.4, -0.2) is 20.1 Å². The minimum absolute atomic E-state index is 0.322. The first kappa shape index (κ1) is 19.4. The molecule has 0 atom stereocenters. The quantitative estimate of drug-likeness (QED) is 0.480. The number of hydrogen-bond donors (Lipinski definition) is 1. The van der Waals surface area contributed by atoms with Crippen LogP contribution in [0.5, 0.6) is 5.75 Å². The predicted molar refractivity (Wildman–Crippen MR) is 112 cm³/mol. The minimum atomic E-state index is 0.322. The van der Waals surface area contributed by atoms with Crippen molar-refractivity contribution in [2.45, 2.75) is 72.1 Å². The molecule has 27 heavy (non-hydrogen) atoms. The normalized spacial score (nSPS) is 11.4. The van der Waals surface area contributed by atoms with Gasteiger partial charge in [-0.25, -0.2) is 0 Å². The van der Waals surface area contributed by atoms with Crippen LogP contribution in [0.3, 0.4) is 0 Å². The first-order valence-corrected chi connectivity index (χ1v) is 10.3. The van der Waals surface area contributed by atoms with E-state index in [4.69, 9.17) is 0 Å². The van der Waals surface area contributed by atoms with Crippen LogP contribution in [0.15, 0.2) is 30.3 Å². The van der Waals surface area contributed by atoms with Gasteiger partial charge in [0.1, 0.15) is 22.5 Å². The summed E-state index contributed by atoms with van der Waals surface area (Å²) >= 11 is 0. The molecular formula is C23H31N3O. The first-order chi connectivity index (χ1) is 13.1. The van der Waals surface area contributed by atoms with E-state index in [1.807, 2.05) is 18.2 Å². The maximum absolute atomic E-state index is 10.9. The smallest absolute Gasteiger partial charge is 0.146 e. The van der Waals surface area contributed by atoms with E-state index in [1.165, 1.54) is 37.7 Å². The number of aryl methyl sites for hydroxylation is 3. The molecule has 0 aliphatic rings. The lowest BCUT2D eigenvalue weighted by Gasteiger charge is -2.12. The van der Waals surface area contributed by atoms with Crippen LogP contribution in [0.25, 0.3) is 16.7 Å². The molecule has 1 N–H and O–H groups in total. The number of fused-ring (bicyclic) bond motifs is 1. The van der Waals surface area contributed by atoms with E-state index in [-0.39, 0.29) is 0 Å². The van der Waals surface area contributed by atoms with Crippen LogP contribution in [0.4, 0.5) is 0 Å². The Morgan fingerprint density at radius 2 is 1.56 bits per heavy atom. The standard InChI is InChI=1S/C23H31N3O/c1-4-6-8-10-18-15-19(11-9-7-5-2)23(27)22(16-18)26-24-20-13-12-17(3)14-21(20)25-26/h12-16,27H,4-11H2,1-3H3. The topological polar surface area (TPSA) is 50.9 Å². The van der Waals surface area contributed by atoms with Crippen molar-refractivity contribution >= 4 is 11.0 Å². The Balaban J connectivity index is 1.99. The molecule has 4 heteroatoms. The zero-order valence-corrected chi connectivity index (χ0v) is 16.8. The van der Waals surface area contributed by atoms with Gasteiger partial charge in [0.2, 0.25) is 0 Å². The molecule has 0 saturated carbocycles. The van der Waals surface area contributed by atoms with Gasteiger partial charge in [-0.2, -0.15) is 0 Å². The fraction of sp³-hybridized carbons (Fsp3) is 0.478. The van der Waals surface area contributed by atoms with Crippen molar-refractivity contribution < 1.29 is 5.11 Å². The van der Waals surface area contributed by atoms with E-state index in [0.29, 0.717) is 11.4 Å². The largest absolute Gasteiger partial charge is 0.505 e. The number of phenolic OH excluding ortho intramolecular Hbond substituents is 1. The molecule has 0 saturated heterocycles. The molecule has 0 radical (unpaired) electrons. The highest BCUT2D eigenvalue weighted by atomic mass is 16.3. The molecule has 3 aromatic rings. The summed E-state index contributed by atoms with van der Waals surface area (Å²) in [6, 6.07) is 10.3. The van der Waals surface area contributed by atoms with Crippen molar-refractivity contribution in [3.63, 3.8) is 0 Å². The van der Waals surface area contributed by atoms with Crippen LogP contribution in [0.2, 0.25) is 0 Å². The highest BCUT2D eigenvalue weighted by Crippen LogP contribution is 2.30. The molecule has 4 nitrogen and oxygen atoms in total. The van der Waals surface area contributed by atoms with Crippen molar-refractivity contribution in [1.29, 1.82) is 0 Å². The Bertz CT molecular complexity index is 898. The number of nitrogens with zero attached hydrogens (tertiary/aromatic N) is 3. The SMILES string of the molecule is CCCCCc1cc(CCCCC)c(O)c(-n2nc3ccc(C)cc3n2)c1. The zero-order valence-electron chi connectivity index (χ0n) is 16.8. The number of unbranched alkanes of at least 4 members (excludes halogenated alkanes) is 4. The van der Waals surface area contributed by atoms with E-state index in [0.717, 1.165) is 41.4 Å². The summed E-state index contributed by atoms with van der Waals surface area (Å²) in [6.45, 7) is 6.48. The van der Waals surface area contributed by atoms with Gasteiger partial charge in [-0.15, -0.1) is 15.0 Å². The maximum atomic E-state index is 10.9. The average Bonchev–Trinajstić information content (AvgIpc) is 3.07. The molecule has 2 aromatic carbocycles. The van der Waals surface area contributed by atoms with Crippen molar-refractivity contribution in [3.05, 3.63) is 47.0 Å². The second-order valence-corrected chi connectivity index (χ2v) is 7.52. The maximum Gasteiger partial charge on any atom is 0.146 e. The van der Waals surface area contributed by atoms with Gasteiger partial charge in [-0.05, 0) is 67.5 Å². The fourth-order valence-electron chi connectivity index (χ4n) is 3.51. The van der Waals surface area contributed by atoms with Crippen LogP contribution in [-0.2, 0) is 12.8 Å². The van der Waals surface area contributed by atoms with E-state index in [2.05, 4.69) is 43.1 Å². The summed E-state index contributed by atoms with van der Waals surface area (Å²) in [7, 11) is 0. The summed E-state index contributed by atoms with van der Waals surface area (Å²) in [5.41, 5.74) is 5.85. The van der Waals surface area contributed by atoms with Gasteiger partial charge in [-0.3, -0.25) is 0 Å². The molecule has 0 fully saturated rings. The number of rotatable bonds is 9. The predicted octanol–water partition coefficient (Wildman–Crippen LogP) is 5.90. The van der Waals surface area contributed by atoms with Gasteiger partial charge in [0, 0.05) is 0 Å². The molecule has 0 amide bonds. The third kappa shape index (κ3) is 4.68. The summed E-state index contributed by atoms with van der Waals surface area (Å²) in [5, 5.41) is 20.1. The number of aromatic hydroxyl groups is 1. The molecule has 3 rings (SSSR count). The Labute approximate surface area is 162 Å². The first-order valence-electron chi connectivity index (χ1n) is 10.3. The molecule has 0 aliphatic heterocycles. The molecule has 0 spiro atoms. The molecule has 0 unspecified atom stereocenters. The molecule has 0 aliphatic carbocycles. The van der Waals surface area contributed by atoms with Crippen molar-refractivity contribution in [3.8, 4) is 11.4 Å². The molecular weight excluding hydrogens is 334 g/mol. The third-order valence-electron chi connectivity index (χ3n) is 5.10. The van der Waals surface area contributed by atoms with Crippen LogP contribution in [0.1, 0.15) is 69.1 Å². The Morgan fingerprint density at radius 3 is 2.30 bits per heavy atom. The van der Waals surface area contributed by atoms with Gasteiger partial charge in [-0.1, -0.05) is 51.7 Å². The summed E-state index contributed by atoms with van der Waals surface area (Å²) in [6.07, 6.45) is 8.98. The van der Waals surface area contributed by atoms with E-state index < -0.39 is 0 Å². The average molecular weight is 366 g/mol. The highest BCUT2D eigenvalue weighted by Gasteiger charge is 2.14. The molecule has 144 valence electrons. The summed E-state index contributed by atoms with van der Waals surface area (Å²) < 4.78 is 0. The van der Waals surface area contributed by atoms with E-state index >= 15 is 0 Å². The Morgan fingerprint density at radius 1 is 0.852 bits per heavy atom.